The molecular formula is C16H23N3O2. The predicted octanol–water partition coefficient (Wildman–Crippen LogP) is 1.44. The van der Waals surface area contributed by atoms with Crippen LogP contribution in [-0.4, -0.2) is 67.1 Å². The third-order valence-corrected chi connectivity index (χ3v) is 4.44. The molecule has 1 N–H and O–H groups in total. The summed E-state index contributed by atoms with van der Waals surface area (Å²) in [5.41, 5.74) is 2.99. The van der Waals surface area contributed by atoms with Gasteiger partial charge >= 0.3 is 0 Å². The first-order valence-corrected chi connectivity index (χ1v) is 7.65. The van der Waals surface area contributed by atoms with Crippen LogP contribution in [0.3, 0.4) is 0 Å². The van der Waals surface area contributed by atoms with E-state index in [4.69, 9.17) is 9.94 Å². The van der Waals surface area contributed by atoms with Gasteiger partial charge in [0.15, 0.2) is 0 Å². The highest BCUT2D eigenvalue weighted by atomic mass is 16.5. The molecule has 1 saturated heterocycles. The third kappa shape index (κ3) is 3.19. The molecule has 2 aliphatic rings. The van der Waals surface area contributed by atoms with E-state index in [0.717, 1.165) is 62.6 Å². The van der Waals surface area contributed by atoms with Crippen molar-refractivity contribution in [3.8, 4) is 5.75 Å². The van der Waals surface area contributed by atoms with Crippen LogP contribution in [0.1, 0.15) is 17.5 Å². The van der Waals surface area contributed by atoms with Crippen LogP contribution in [0.2, 0.25) is 0 Å². The van der Waals surface area contributed by atoms with Gasteiger partial charge in [-0.1, -0.05) is 17.3 Å². The zero-order valence-corrected chi connectivity index (χ0v) is 12.6. The van der Waals surface area contributed by atoms with Gasteiger partial charge in [-0.3, -0.25) is 4.90 Å². The van der Waals surface area contributed by atoms with Gasteiger partial charge in [0.2, 0.25) is 0 Å². The van der Waals surface area contributed by atoms with Crippen molar-refractivity contribution in [1.29, 1.82) is 0 Å². The molecule has 0 unspecified atom stereocenters. The van der Waals surface area contributed by atoms with Gasteiger partial charge < -0.3 is 14.8 Å². The minimum absolute atomic E-state index is 0.714. The second-order valence-corrected chi connectivity index (χ2v) is 5.82. The van der Waals surface area contributed by atoms with Gasteiger partial charge in [0.25, 0.3) is 0 Å². The SMILES string of the molecule is CN1CCN(CCOc2cccc3c2CC/C3=N\O)CC1. The van der Waals surface area contributed by atoms with Crippen molar-refractivity contribution in [3.05, 3.63) is 29.3 Å². The molecule has 1 heterocycles. The zero-order chi connectivity index (χ0) is 14.7. The highest BCUT2D eigenvalue weighted by Gasteiger charge is 2.22. The van der Waals surface area contributed by atoms with Gasteiger partial charge in [-0.2, -0.15) is 0 Å². The zero-order valence-electron chi connectivity index (χ0n) is 12.6. The van der Waals surface area contributed by atoms with E-state index in [1.807, 2.05) is 18.2 Å². The lowest BCUT2D eigenvalue weighted by atomic mass is 10.1. The molecule has 0 amide bonds. The number of fused-ring (bicyclic) bond motifs is 1. The standard InChI is InChI=1S/C16H23N3O2/c1-18-7-9-19(10-8-18)11-12-21-16-4-2-3-13-14(16)5-6-15(13)17-20/h2-4,20H,5-12H2,1H3/b17-15+. The quantitative estimate of drug-likeness (QED) is 0.673. The Labute approximate surface area is 125 Å². The fourth-order valence-electron chi connectivity index (χ4n) is 3.07. The van der Waals surface area contributed by atoms with E-state index in [9.17, 15) is 0 Å². The second-order valence-electron chi connectivity index (χ2n) is 5.82. The molecule has 0 aromatic heterocycles. The molecule has 0 spiro atoms. The monoisotopic (exact) mass is 289 g/mol. The summed E-state index contributed by atoms with van der Waals surface area (Å²) in [6.07, 6.45) is 1.70. The van der Waals surface area contributed by atoms with E-state index in [0.29, 0.717) is 6.61 Å². The average molecular weight is 289 g/mol. The van der Waals surface area contributed by atoms with E-state index < -0.39 is 0 Å². The molecular weight excluding hydrogens is 266 g/mol. The maximum atomic E-state index is 9.01. The molecule has 0 bridgehead atoms. The molecule has 0 radical (unpaired) electrons. The van der Waals surface area contributed by atoms with Crippen LogP contribution in [0.15, 0.2) is 23.4 Å². The molecule has 21 heavy (non-hydrogen) atoms. The van der Waals surface area contributed by atoms with Crippen molar-refractivity contribution in [1.82, 2.24) is 9.80 Å². The van der Waals surface area contributed by atoms with Crippen molar-refractivity contribution >= 4 is 5.71 Å². The minimum atomic E-state index is 0.714. The van der Waals surface area contributed by atoms with Crippen LogP contribution in [0.25, 0.3) is 0 Å². The summed E-state index contributed by atoms with van der Waals surface area (Å²) in [6, 6.07) is 5.99. The molecule has 0 saturated carbocycles. The number of piperazine rings is 1. The Balaban J connectivity index is 1.56. The van der Waals surface area contributed by atoms with Gasteiger partial charge in [-0.25, -0.2) is 0 Å². The number of hydrogen-bond acceptors (Lipinski definition) is 5. The average Bonchev–Trinajstić information content (AvgIpc) is 2.93. The van der Waals surface area contributed by atoms with Crippen LogP contribution < -0.4 is 4.74 Å². The van der Waals surface area contributed by atoms with Crippen LogP contribution in [0.4, 0.5) is 0 Å². The van der Waals surface area contributed by atoms with Crippen molar-refractivity contribution in [2.75, 3.05) is 46.4 Å². The van der Waals surface area contributed by atoms with Crippen molar-refractivity contribution < 1.29 is 9.94 Å². The number of ether oxygens (including phenoxy) is 1. The van der Waals surface area contributed by atoms with E-state index in [-0.39, 0.29) is 0 Å². The van der Waals surface area contributed by atoms with E-state index >= 15 is 0 Å². The summed E-state index contributed by atoms with van der Waals surface area (Å²) in [6.45, 7) is 6.19. The number of benzene rings is 1. The summed E-state index contributed by atoms with van der Waals surface area (Å²) in [7, 11) is 2.17. The number of likely N-dealkylation sites (N-methyl/N-ethyl adjacent to an activating group) is 1. The first-order valence-electron chi connectivity index (χ1n) is 7.65. The van der Waals surface area contributed by atoms with Crippen LogP contribution in [0.5, 0.6) is 5.75 Å². The first-order chi connectivity index (χ1) is 10.3. The Bertz CT molecular complexity index is 522. The maximum absolute atomic E-state index is 9.01. The summed E-state index contributed by atoms with van der Waals surface area (Å²) in [4.78, 5) is 4.81. The number of rotatable bonds is 4. The summed E-state index contributed by atoms with van der Waals surface area (Å²) in [5, 5.41) is 12.4. The molecule has 114 valence electrons. The summed E-state index contributed by atoms with van der Waals surface area (Å²) < 4.78 is 5.98. The Hall–Kier alpha value is -1.59. The minimum Gasteiger partial charge on any atom is -0.492 e. The molecule has 1 aliphatic heterocycles. The maximum Gasteiger partial charge on any atom is 0.123 e. The van der Waals surface area contributed by atoms with Crippen LogP contribution >= 0.6 is 0 Å². The highest BCUT2D eigenvalue weighted by Crippen LogP contribution is 2.30. The molecule has 1 aromatic carbocycles. The lowest BCUT2D eigenvalue weighted by Gasteiger charge is -2.32. The smallest absolute Gasteiger partial charge is 0.123 e. The normalized spacial score (nSPS) is 21.7. The fraction of sp³-hybridized carbons (Fsp3) is 0.562. The van der Waals surface area contributed by atoms with Crippen molar-refractivity contribution in [2.24, 2.45) is 5.16 Å². The predicted molar refractivity (Wildman–Crippen MR) is 82.5 cm³/mol. The summed E-state index contributed by atoms with van der Waals surface area (Å²) in [5.74, 6) is 0.945. The van der Waals surface area contributed by atoms with Gasteiger partial charge in [-0.15, -0.1) is 0 Å². The fourth-order valence-corrected chi connectivity index (χ4v) is 3.07. The number of oxime groups is 1. The highest BCUT2D eigenvalue weighted by molar-refractivity contribution is 6.04. The Kier molecular flexibility index (Phi) is 4.41. The Morgan fingerprint density at radius 1 is 1.19 bits per heavy atom. The largest absolute Gasteiger partial charge is 0.492 e. The van der Waals surface area contributed by atoms with Gasteiger partial charge in [-0.05, 0) is 26.0 Å². The Morgan fingerprint density at radius 3 is 2.76 bits per heavy atom. The molecule has 5 nitrogen and oxygen atoms in total. The molecule has 5 heteroatoms. The van der Waals surface area contributed by atoms with Crippen molar-refractivity contribution in [2.45, 2.75) is 12.8 Å². The molecule has 1 aromatic rings. The molecule has 1 aliphatic carbocycles. The Morgan fingerprint density at radius 2 is 2.00 bits per heavy atom. The van der Waals surface area contributed by atoms with Crippen LogP contribution in [-0.2, 0) is 6.42 Å². The number of hydrogen-bond donors (Lipinski definition) is 1. The molecule has 0 atom stereocenters. The van der Waals surface area contributed by atoms with Crippen molar-refractivity contribution in [3.63, 3.8) is 0 Å². The second kappa shape index (κ2) is 6.45. The van der Waals surface area contributed by atoms with Gasteiger partial charge in [0, 0.05) is 43.9 Å². The number of nitrogens with zero attached hydrogens (tertiary/aromatic N) is 3. The van der Waals surface area contributed by atoms with Gasteiger partial charge in [0.1, 0.15) is 12.4 Å². The van der Waals surface area contributed by atoms with E-state index in [1.54, 1.807) is 0 Å². The molecule has 1 fully saturated rings. The lowest BCUT2D eigenvalue weighted by molar-refractivity contribution is 0.133. The first kappa shape index (κ1) is 14.4. The lowest BCUT2D eigenvalue weighted by Crippen LogP contribution is -2.45. The summed E-state index contributed by atoms with van der Waals surface area (Å²) >= 11 is 0. The van der Waals surface area contributed by atoms with Crippen LogP contribution in [0, 0.1) is 0 Å². The van der Waals surface area contributed by atoms with E-state index in [2.05, 4.69) is 22.0 Å². The topological polar surface area (TPSA) is 48.3 Å². The van der Waals surface area contributed by atoms with E-state index in [1.165, 1.54) is 5.56 Å². The third-order valence-electron chi connectivity index (χ3n) is 4.44. The molecule has 3 rings (SSSR count). The van der Waals surface area contributed by atoms with Gasteiger partial charge in [0.05, 0.1) is 5.71 Å².